The van der Waals surface area contributed by atoms with E-state index in [1.807, 2.05) is 19.1 Å². The van der Waals surface area contributed by atoms with E-state index in [9.17, 15) is 4.79 Å². The van der Waals surface area contributed by atoms with Crippen LogP contribution in [0.4, 0.5) is 0 Å². The molecule has 1 aliphatic heterocycles. The van der Waals surface area contributed by atoms with E-state index in [1.54, 1.807) is 6.20 Å². The molecule has 1 N–H and O–H groups in total. The molecule has 1 saturated heterocycles. The number of ether oxygens (including phenoxy) is 1. The zero-order valence-corrected chi connectivity index (χ0v) is 14.2. The fourth-order valence-electron chi connectivity index (χ4n) is 3.25. The molecule has 0 radical (unpaired) electrons. The molecular weight excluding hydrogens is 290 g/mol. The van der Waals surface area contributed by atoms with Gasteiger partial charge in [-0.2, -0.15) is 0 Å². The predicted molar refractivity (Wildman–Crippen MR) is 89.5 cm³/mol. The maximum Gasteiger partial charge on any atom is 0.222 e. The third-order valence-electron chi connectivity index (χ3n) is 5.05. The minimum absolute atomic E-state index is 0.155. The van der Waals surface area contributed by atoms with Crippen molar-refractivity contribution in [3.05, 3.63) is 23.9 Å². The average Bonchev–Trinajstić information content (AvgIpc) is 3.28. The van der Waals surface area contributed by atoms with Gasteiger partial charge in [0.25, 0.3) is 0 Å². The number of carbonyl (C=O) groups is 1. The summed E-state index contributed by atoms with van der Waals surface area (Å²) >= 11 is 0. The number of aromatic nitrogens is 1. The standard InChI is InChI=1S/C18H27N3O2/c1-14-6-5-10-19-17(14)23-13-18(8-9-18)20-16(22)12-15-7-3-4-11-21(15)2/h5-6,10,15H,3-4,7-9,11-13H2,1-2H3,(H,20,22). The number of piperidine rings is 1. The van der Waals surface area contributed by atoms with Crippen LogP contribution in [0.2, 0.25) is 0 Å². The molecule has 3 rings (SSSR count). The van der Waals surface area contributed by atoms with Gasteiger partial charge in [0, 0.05) is 24.2 Å². The lowest BCUT2D eigenvalue weighted by atomic mass is 9.99. The summed E-state index contributed by atoms with van der Waals surface area (Å²) in [6, 6.07) is 4.27. The lowest BCUT2D eigenvalue weighted by molar-refractivity contribution is -0.123. The highest BCUT2D eigenvalue weighted by atomic mass is 16.5. The fourth-order valence-corrected chi connectivity index (χ4v) is 3.25. The number of likely N-dealkylation sites (tertiary alicyclic amines) is 1. The molecule has 1 saturated carbocycles. The van der Waals surface area contributed by atoms with Gasteiger partial charge in [0.2, 0.25) is 11.8 Å². The van der Waals surface area contributed by atoms with Crippen LogP contribution in [0.25, 0.3) is 0 Å². The van der Waals surface area contributed by atoms with Crippen molar-refractivity contribution in [1.29, 1.82) is 0 Å². The highest BCUT2D eigenvalue weighted by Gasteiger charge is 2.45. The first kappa shape index (κ1) is 16.2. The maximum atomic E-state index is 12.4. The van der Waals surface area contributed by atoms with Gasteiger partial charge in [-0.1, -0.05) is 12.5 Å². The molecule has 2 aliphatic rings. The fraction of sp³-hybridized carbons (Fsp3) is 0.667. The Bertz CT molecular complexity index is 557. The molecule has 1 aromatic heterocycles. The van der Waals surface area contributed by atoms with Gasteiger partial charge in [-0.3, -0.25) is 4.79 Å². The average molecular weight is 317 g/mol. The van der Waals surface area contributed by atoms with Crippen molar-refractivity contribution in [3.8, 4) is 5.88 Å². The van der Waals surface area contributed by atoms with Crippen LogP contribution in [-0.2, 0) is 4.79 Å². The summed E-state index contributed by atoms with van der Waals surface area (Å²) in [5.41, 5.74) is 0.854. The van der Waals surface area contributed by atoms with E-state index in [-0.39, 0.29) is 11.4 Å². The number of nitrogens with one attached hydrogen (secondary N) is 1. The van der Waals surface area contributed by atoms with Gasteiger partial charge in [0.1, 0.15) is 6.61 Å². The van der Waals surface area contributed by atoms with Crippen LogP contribution in [0.15, 0.2) is 18.3 Å². The van der Waals surface area contributed by atoms with Crippen molar-refractivity contribution >= 4 is 5.91 Å². The highest BCUT2D eigenvalue weighted by molar-refractivity contribution is 5.78. The first-order valence-corrected chi connectivity index (χ1v) is 8.64. The Kier molecular flexibility index (Phi) is 4.85. The quantitative estimate of drug-likeness (QED) is 0.874. The predicted octanol–water partition coefficient (Wildman–Crippen LogP) is 2.29. The zero-order chi connectivity index (χ0) is 16.3. The Morgan fingerprint density at radius 3 is 3.00 bits per heavy atom. The van der Waals surface area contributed by atoms with Crippen molar-refractivity contribution < 1.29 is 9.53 Å². The minimum Gasteiger partial charge on any atom is -0.475 e. The first-order valence-electron chi connectivity index (χ1n) is 8.64. The van der Waals surface area contributed by atoms with Crippen molar-refractivity contribution in [2.45, 2.75) is 57.0 Å². The summed E-state index contributed by atoms with van der Waals surface area (Å²) < 4.78 is 5.84. The smallest absolute Gasteiger partial charge is 0.222 e. The summed E-state index contributed by atoms with van der Waals surface area (Å²) in [4.78, 5) is 18.9. The van der Waals surface area contributed by atoms with Gasteiger partial charge < -0.3 is 15.0 Å². The zero-order valence-electron chi connectivity index (χ0n) is 14.2. The molecule has 0 spiro atoms. The Morgan fingerprint density at radius 1 is 1.48 bits per heavy atom. The Morgan fingerprint density at radius 2 is 2.30 bits per heavy atom. The van der Waals surface area contributed by atoms with E-state index in [4.69, 9.17) is 4.74 Å². The van der Waals surface area contributed by atoms with E-state index in [2.05, 4.69) is 22.2 Å². The van der Waals surface area contributed by atoms with E-state index in [0.29, 0.717) is 24.9 Å². The number of carbonyl (C=O) groups excluding carboxylic acids is 1. The normalized spacial score (nSPS) is 23.3. The lowest BCUT2D eigenvalue weighted by Crippen LogP contribution is -2.45. The maximum absolute atomic E-state index is 12.4. The third kappa shape index (κ3) is 4.22. The van der Waals surface area contributed by atoms with Crippen LogP contribution in [0.3, 0.4) is 0 Å². The second-order valence-corrected chi connectivity index (χ2v) is 7.08. The number of amides is 1. The Balaban J connectivity index is 1.49. The first-order chi connectivity index (χ1) is 11.1. The number of hydrogen-bond acceptors (Lipinski definition) is 4. The van der Waals surface area contributed by atoms with Crippen LogP contribution in [-0.4, -0.2) is 47.6 Å². The summed E-state index contributed by atoms with van der Waals surface area (Å²) in [5, 5.41) is 3.21. The number of rotatable bonds is 6. The summed E-state index contributed by atoms with van der Waals surface area (Å²) in [6.07, 6.45) is 7.92. The molecule has 5 heteroatoms. The van der Waals surface area contributed by atoms with Crippen molar-refractivity contribution in [3.63, 3.8) is 0 Å². The summed E-state index contributed by atoms with van der Waals surface area (Å²) in [7, 11) is 2.12. The molecule has 0 bridgehead atoms. The molecular formula is C18H27N3O2. The Labute approximate surface area is 138 Å². The van der Waals surface area contributed by atoms with E-state index >= 15 is 0 Å². The minimum atomic E-state index is -0.172. The van der Waals surface area contributed by atoms with E-state index < -0.39 is 0 Å². The van der Waals surface area contributed by atoms with Gasteiger partial charge in [-0.15, -0.1) is 0 Å². The third-order valence-corrected chi connectivity index (χ3v) is 5.05. The molecule has 2 fully saturated rings. The number of pyridine rings is 1. The van der Waals surface area contributed by atoms with Crippen LogP contribution >= 0.6 is 0 Å². The second kappa shape index (κ2) is 6.87. The molecule has 1 aliphatic carbocycles. The van der Waals surface area contributed by atoms with Crippen molar-refractivity contribution in [1.82, 2.24) is 15.2 Å². The lowest BCUT2D eigenvalue weighted by Gasteiger charge is -2.32. The molecule has 5 nitrogen and oxygen atoms in total. The number of aryl methyl sites for hydroxylation is 1. The van der Waals surface area contributed by atoms with Crippen molar-refractivity contribution in [2.24, 2.45) is 0 Å². The SMILES string of the molecule is Cc1cccnc1OCC1(NC(=O)CC2CCCCN2C)CC1. The molecule has 1 amide bonds. The number of nitrogens with zero attached hydrogens (tertiary/aromatic N) is 2. The van der Waals surface area contributed by atoms with Crippen LogP contribution in [0.1, 0.15) is 44.1 Å². The summed E-state index contributed by atoms with van der Waals surface area (Å²) in [6.45, 7) is 3.60. The largest absolute Gasteiger partial charge is 0.475 e. The Hall–Kier alpha value is -1.62. The molecule has 1 aromatic rings. The second-order valence-electron chi connectivity index (χ2n) is 7.08. The van der Waals surface area contributed by atoms with Crippen LogP contribution in [0, 0.1) is 6.92 Å². The van der Waals surface area contributed by atoms with Crippen LogP contribution < -0.4 is 10.1 Å². The molecule has 0 aromatic carbocycles. The van der Waals surface area contributed by atoms with Gasteiger partial charge in [-0.25, -0.2) is 4.98 Å². The van der Waals surface area contributed by atoms with E-state index in [0.717, 1.165) is 31.4 Å². The molecule has 1 atom stereocenters. The summed E-state index contributed by atoms with van der Waals surface area (Å²) in [5.74, 6) is 0.822. The van der Waals surface area contributed by atoms with Gasteiger partial charge >= 0.3 is 0 Å². The number of hydrogen-bond donors (Lipinski definition) is 1. The van der Waals surface area contributed by atoms with Gasteiger partial charge in [-0.05, 0) is 52.3 Å². The topological polar surface area (TPSA) is 54.5 Å². The monoisotopic (exact) mass is 317 g/mol. The van der Waals surface area contributed by atoms with Crippen LogP contribution in [0.5, 0.6) is 5.88 Å². The highest BCUT2D eigenvalue weighted by Crippen LogP contribution is 2.36. The molecule has 2 heterocycles. The van der Waals surface area contributed by atoms with Crippen molar-refractivity contribution in [2.75, 3.05) is 20.2 Å². The van der Waals surface area contributed by atoms with E-state index in [1.165, 1.54) is 12.8 Å². The molecule has 126 valence electrons. The molecule has 23 heavy (non-hydrogen) atoms. The molecule has 1 unspecified atom stereocenters. The van der Waals surface area contributed by atoms with Gasteiger partial charge in [0.05, 0.1) is 5.54 Å². The van der Waals surface area contributed by atoms with Gasteiger partial charge in [0.15, 0.2) is 0 Å².